The quantitative estimate of drug-likeness (QED) is 0.101. The Morgan fingerprint density at radius 3 is 2.00 bits per heavy atom. The molecule has 188 valence electrons. The van der Waals surface area contributed by atoms with Crippen molar-refractivity contribution in [1.82, 2.24) is 0 Å². The van der Waals surface area contributed by atoms with E-state index in [0.29, 0.717) is 0 Å². The summed E-state index contributed by atoms with van der Waals surface area (Å²) in [5.41, 5.74) is 0. The van der Waals surface area contributed by atoms with Gasteiger partial charge in [0.05, 0.1) is 13.2 Å². The number of carbonyl (C=O) groups is 2. The van der Waals surface area contributed by atoms with Crippen molar-refractivity contribution in [1.29, 1.82) is 0 Å². The van der Waals surface area contributed by atoms with Crippen molar-refractivity contribution in [3.05, 3.63) is 12.7 Å². The third kappa shape index (κ3) is 7.30. The van der Waals surface area contributed by atoms with E-state index in [-0.39, 0.29) is 6.08 Å². The molecule has 0 bridgehead atoms. The summed E-state index contributed by atoms with van der Waals surface area (Å²) in [6.45, 7) is 4.05. The summed E-state index contributed by atoms with van der Waals surface area (Å²) < 4.78 is 136. The maximum atomic E-state index is 13.6. The monoisotopic (exact) mass is 506 g/mol. The minimum Gasteiger partial charge on any atom is -0.460 e. The SMILES string of the molecule is C=CC(=O)OC(OCCCCC(F)(F)C(F)(F)S(=O)(=O)O)(C(=O)OCC(C)C)C(F)(F)F. The van der Waals surface area contributed by atoms with E-state index in [9.17, 15) is 48.7 Å². The lowest BCUT2D eigenvalue weighted by Crippen LogP contribution is -2.58. The Hall–Kier alpha value is -1.94. The average molecular weight is 506 g/mol. The summed E-state index contributed by atoms with van der Waals surface area (Å²) in [5, 5.41) is -5.85. The van der Waals surface area contributed by atoms with E-state index in [1.165, 1.54) is 13.8 Å². The van der Waals surface area contributed by atoms with Crippen LogP contribution in [-0.4, -0.2) is 61.3 Å². The molecule has 16 heteroatoms. The van der Waals surface area contributed by atoms with Gasteiger partial charge in [-0.3, -0.25) is 4.55 Å². The van der Waals surface area contributed by atoms with Crippen LogP contribution in [0.25, 0.3) is 0 Å². The number of halogens is 7. The zero-order chi connectivity index (χ0) is 25.6. The molecule has 0 aliphatic rings. The molecule has 1 unspecified atom stereocenters. The van der Waals surface area contributed by atoms with Gasteiger partial charge in [0.2, 0.25) is 0 Å². The molecule has 0 saturated carbocycles. The van der Waals surface area contributed by atoms with Crippen molar-refractivity contribution >= 4 is 22.1 Å². The second-order valence-corrected chi connectivity index (χ2v) is 8.20. The van der Waals surface area contributed by atoms with Crippen molar-refractivity contribution in [2.45, 2.75) is 56.3 Å². The van der Waals surface area contributed by atoms with Gasteiger partial charge < -0.3 is 14.2 Å². The molecule has 0 aromatic heterocycles. The third-order valence-electron chi connectivity index (χ3n) is 3.54. The Bertz CT molecular complexity index is 780. The first-order chi connectivity index (χ1) is 14.2. The van der Waals surface area contributed by atoms with Gasteiger partial charge in [-0.15, -0.1) is 0 Å². The highest BCUT2D eigenvalue weighted by Crippen LogP contribution is 2.42. The molecule has 0 radical (unpaired) electrons. The maximum absolute atomic E-state index is 13.6. The number of unbranched alkanes of at least 4 members (excludes halogenated alkanes) is 1. The molecule has 0 rings (SSSR count). The van der Waals surface area contributed by atoms with Gasteiger partial charge in [-0.2, -0.15) is 39.2 Å². The van der Waals surface area contributed by atoms with E-state index in [2.05, 4.69) is 20.8 Å². The summed E-state index contributed by atoms with van der Waals surface area (Å²) in [6.07, 6.45) is -9.20. The van der Waals surface area contributed by atoms with Crippen LogP contribution in [0.15, 0.2) is 12.7 Å². The minimum atomic E-state index is -6.48. The molecular formula is C16H21F7O8S. The standard InChI is InChI=1S/C16H21F7O8S/c1-4-11(24)31-14(15(19,20)21,12(25)29-9-10(2)3)30-8-6-5-7-13(17,18)16(22,23)32(26,27)28/h4,10H,1,5-9H2,2-3H3,(H,26,27,28). The van der Waals surface area contributed by atoms with Crippen molar-refractivity contribution in [3.8, 4) is 0 Å². The van der Waals surface area contributed by atoms with E-state index in [1.54, 1.807) is 0 Å². The number of hydrogen-bond donors (Lipinski definition) is 1. The highest BCUT2D eigenvalue weighted by molar-refractivity contribution is 7.87. The van der Waals surface area contributed by atoms with Crippen LogP contribution in [0.3, 0.4) is 0 Å². The van der Waals surface area contributed by atoms with Gasteiger partial charge in [-0.25, -0.2) is 9.59 Å². The zero-order valence-corrected chi connectivity index (χ0v) is 17.6. The molecule has 0 fully saturated rings. The molecule has 0 aromatic carbocycles. The molecule has 0 saturated heterocycles. The number of esters is 2. The minimum absolute atomic E-state index is 0.275. The first kappa shape index (κ1) is 30.1. The van der Waals surface area contributed by atoms with E-state index in [1.807, 2.05) is 0 Å². The van der Waals surface area contributed by atoms with Gasteiger partial charge in [0.1, 0.15) is 0 Å². The summed E-state index contributed by atoms with van der Waals surface area (Å²) in [6, 6.07) is 0. The van der Waals surface area contributed by atoms with Crippen LogP contribution in [0.4, 0.5) is 30.7 Å². The molecule has 8 nitrogen and oxygen atoms in total. The second-order valence-electron chi connectivity index (χ2n) is 6.73. The number of ether oxygens (including phenoxy) is 3. The lowest BCUT2D eigenvalue weighted by Gasteiger charge is -2.32. The first-order valence-corrected chi connectivity index (χ1v) is 10.1. The normalized spacial score (nSPS) is 15.2. The fraction of sp³-hybridized carbons (Fsp3) is 0.750. The second kappa shape index (κ2) is 10.8. The smallest absolute Gasteiger partial charge is 0.460 e. The summed E-state index contributed by atoms with van der Waals surface area (Å²) in [7, 11) is -6.48. The van der Waals surface area contributed by atoms with Crippen molar-refractivity contribution in [2.75, 3.05) is 13.2 Å². The van der Waals surface area contributed by atoms with Crippen molar-refractivity contribution < 1.29 is 67.5 Å². The lowest BCUT2D eigenvalue weighted by molar-refractivity contribution is -0.354. The lowest BCUT2D eigenvalue weighted by atomic mass is 10.1. The molecule has 0 aromatic rings. The first-order valence-electron chi connectivity index (χ1n) is 8.71. The topological polar surface area (TPSA) is 116 Å². The molecule has 0 spiro atoms. The average Bonchev–Trinajstić information content (AvgIpc) is 2.62. The molecule has 1 atom stereocenters. The van der Waals surface area contributed by atoms with Gasteiger partial charge >= 0.3 is 45.2 Å². The Kier molecular flexibility index (Phi) is 10.1. The van der Waals surface area contributed by atoms with E-state index in [4.69, 9.17) is 4.55 Å². The number of hydrogen-bond acceptors (Lipinski definition) is 7. The predicted octanol–water partition coefficient (Wildman–Crippen LogP) is 3.48. The highest BCUT2D eigenvalue weighted by Gasteiger charge is 2.68. The molecule has 0 aliphatic heterocycles. The largest absolute Gasteiger partial charge is 0.468 e. The van der Waals surface area contributed by atoms with Crippen LogP contribution in [0.1, 0.15) is 33.1 Å². The number of carbonyl (C=O) groups excluding carboxylic acids is 2. The predicted molar refractivity (Wildman–Crippen MR) is 92.1 cm³/mol. The fourth-order valence-corrected chi connectivity index (χ4v) is 2.38. The van der Waals surface area contributed by atoms with Gasteiger partial charge in [-0.1, -0.05) is 20.4 Å². The van der Waals surface area contributed by atoms with Crippen molar-refractivity contribution in [3.63, 3.8) is 0 Å². The number of rotatable bonds is 13. The molecular weight excluding hydrogens is 485 g/mol. The van der Waals surface area contributed by atoms with Gasteiger partial charge in [0, 0.05) is 12.5 Å². The Balaban J connectivity index is 5.45. The van der Waals surface area contributed by atoms with Gasteiger partial charge in [0.15, 0.2) is 0 Å². The third-order valence-corrected chi connectivity index (χ3v) is 4.49. The molecule has 32 heavy (non-hydrogen) atoms. The highest BCUT2D eigenvalue weighted by atomic mass is 32.2. The van der Waals surface area contributed by atoms with Crippen molar-refractivity contribution in [2.24, 2.45) is 5.92 Å². The van der Waals surface area contributed by atoms with Crippen LogP contribution >= 0.6 is 0 Å². The summed E-state index contributed by atoms with van der Waals surface area (Å²) >= 11 is 0. The molecule has 1 N–H and O–H groups in total. The molecule has 0 heterocycles. The van der Waals surface area contributed by atoms with Gasteiger partial charge in [-0.05, 0) is 18.8 Å². The van der Waals surface area contributed by atoms with E-state index < -0.39 is 83.6 Å². The molecule has 0 amide bonds. The van der Waals surface area contributed by atoms with Gasteiger partial charge in [0.25, 0.3) is 0 Å². The maximum Gasteiger partial charge on any atom is 0.468 e. The van der Waals surface area contributed by atoms with E-state index >= 15 is 0 Å². The van der Waals surface area contributed by atoms with Crippen LogP contribution in [-0.2, 0) is 33.9 Å². The Labute approximate surface area is 178 Å². The van der Waals surface area contributed by atoms with E-state index in [0.717, 1.165) is 0 Å². The number of alkyl halides is 7. The van der Waals surface area contributed by atoms with Crippen LogP contribution in [0.5, 0.6) is 0 Å². The van der Waals surface area contributed by atoms with Crippen LogP contribution in [0.2, 0.25) is 0 Å². The molecule has 0 aliphatic carbocycles. The van der Waals surface area contributed by atoms with Crippen LogP contribution in [0, 0.1) is 5.92 Å². The Morgan fingerprint density at radius 1 is 1.06 bits per heavy atom. The van der Waals surface area contributed by atoms with Crippen LogP contribution < -0.4 is 0 Å². The zero-order valence-electron chi connectivity index (χ0n) is 16.8. The summed E-state index contributed by atoms with van der Waals surface area (Å²) in [4.78, 5) is 23.4. The fourth-order valence-electron chi connectivity index (χ4n) is 1.91. The summed E-state index contributed by atoms with van der Waals surface area (Å²) in [5.74, 6) is -13.9. The Morgan fingerprint density at radius 2 is 1.59 bits per heavy atom.